The van der Waals surface area contributed by atoms with Crippen LogP contribution in [0.25, 0.3) is 10.2 Å². The van der Waals surface area contributed by atoms with Crippen LogP contribution in [-0.4, -0.2) is 24.2 Å². The summed E-state index contributed by atoms with van der Waals surface area (Å²) in [4.78, 5) is 4.30. The third-order valence-electron chi connectivity index (χ3n) is 3.84. The number of nitrogens with one attached hydrogen (secondary N) is 1. The van der Waals surface area contributed by atoms with E-state index in [1.807, 2.05) is 11.6 Å². The Balaban J connectivity index is 1.80. The predicted octanol–water partition coefficient (Wildman–Crippen LogP) is 2.86. The minimum Gasteiger partial charge on any atom is -0.395 e. The van der Waals surface area contributed by atoms with Crippen LogP contribution < -0.4 is 11.1 Å². The summed E-state index contributed by atoms with van der Waals surface area (Å²) in [6.07, 6.45) is 3.49. The molecule has 5 heteroatoms. The summed E-state index contributed by atoms with van der Waals surface area (Å²) in [6.45, 7) is 0.809. The molecule has 1 aromatic heterocycles. The topological polar surface area (TPSA) is 60.2 Å². The summed E-state index contributed by atoms with van der Waals surface area (Å²) in [7, 11) is 1.79. The van der Waals surface area contributed by atoms with Crippen molar-refractivity contribution in [1.82, 2.24) is 4.98 Å². The molecular weight excluding hydrogens is 246 g/mol. The van der Waals surface area contributed by atoms with Crippen LogP contribution in [0.5, 0.6) is 0 Å². The molecule has 1 aromatic carbocycles. The molecule has 0 bridgehead atoms. The molecule has 96 valence electrons. The van der Waals surface area contributed by atoms with Gasteiger partial charge in [-0.2, -0.15) is 0 Å². The number of methoxy groups -OCH3 is 1. The van der Waals surface area contributed by atoms with E-state index in [4.69, 9.17) is 10.5 Å². The van der Waals surface area contributed by atoms with E-state index in [0.717, 1.165) is 41.0 Å². The Morgan fingerprint density at radius 1 is 1.50 bits per heavy atom. The van der Waals surface area contributed by atoms with E-state index in [2.05, 4.69) is 16.4 Å². The first-order valence-electron chi connectivity index (χ1n) is 6.15. The van der Waals surface area contributed by atoms with Crippen LogP contribution in [0.3, 0.4) is 0 Å². The average molecular weight is 263 g/mol. The Bertz CT molecular complexity index is 557. The van der Waals surface area contributed by atoms with Gasteiger partial charge in [-0.3, -0.25) is 0 Å². The van der Waals surface area contributed by atoms with Gasteiger partial charge in [0, 0.05) is 13.7 Å². The maximum atomic E-state index is 6.13. The molecule has 4 nitrogen and oxygen atoms in total. The van der Waals surface area contributed by atoms with Gasteiger partial charge in [0.25, 0.3) is 0 Å². The van der Waals surface area contributed by atoms with Crippen LogP contribution in [0.2, 0.25) is 0 Å². The van der Waals surface area contributed by atoms with Gasteiger partial charge in [0.05, 0.1) is 27.2 Å². The van der Waals surface area contributed by atoms with E-state index >= 15 is 0 Å². The van der Waals surface area contributed by atoms with Gasteiger partial charge in [0.15, 0.2) is 0 Å². The van der Waals surface area contributed by atoms with Gasteiger partial charge >= 0.3 is 0 Å². The molecule has 0 spiro atoms. The average Bonchev–Trinajstić information content (AvgIpc) is 2.80. The van der Waals surface area contributed by atoms with Crippen LogP contribution in [-0.2, 0) is 4.74 Å². The van der Waals surface area contributed by atoms with Crippen molar-refractivity contribution in [2.45, 2.75) is 24.9 Å². The molecule has 18 heavy (non-hydrogen) atoms. The predicted molar refractivity (Wildman–Crippen MR) is 76.1 cm³/mol. The fourth-order valence-corrected chi connectivity index (χ4v) is 3.08. The first-order valence-corrected chi connectivity index (χ1v) is 7.03. The molecule has 3 rings (SSSR count). The van der Waals surface area contributed by atoms with Gasteiger partial charge in [-0.1, -0.05) is 0 Å². The molecule has 0 unspecified atom stereocenters. The van der Waals surface area contributed by atoms with Gasteiger partial charge in [-0.25, -0.2) is 4.98 Å². The van der Waals surface area contributed by atoms with Crippen molar-refractivity contribution in [2.24, 2.45) is 0 Å². The zero-order valence-corrected chi connectivity index (χ0v) is 11.2. The molecule has 0 atom stereocenters. The zero-order chi connectivity index (χ0) is 12.6. The Hall–Kier alpha value is -1.33. The lowest BCUT2D eigenvalue weighted by Crippen LogP contribution is -2.45. The minimum absolute atomic E-state index is 0.00344. The molecular formula is C13H17N3OS. The van der Waals surface area contributed by atoms with Crippen molar-refractivity contribution in [1.29, 1.82) is 0 Å². The Labute approximate surface area is 110 Å². The highest BCUT2D eigenvalue weighted by atomic mass is 32.1. The van der Waals surface area contributed by atoms with E-state index in [1.165, 1.54) is 6.42 Å². The molecule has 1 fully saturated rings. The van der Waals surface area contributed by atoms with E-state index in [-0.39, 0.29) is 5.60 Å². The number of rotatable bonds is 4. The summed E-state index contributed by atoms with van der Waals surface area (Å²) < 4.78 is 6.72. The molecule has 0 saturated heterocycles. The molecule has 3 N–H and O–H groups in total. The summed E-state index contributed by atoms with van der Waals surface area (Å²) >= 11 is 1.61. The van der Waals surface area contributed by atoms with Crippen LogP contribution in [0.4, 0.5) is 11.4 Å². The van der Waals surface area contributed by atoms with Gasteiger partial charge in [-0.15, -0.1) is 11.3 Å². The lowest BCUT2D eigenvalue weighted by molar-refractivity contribution is -0.0601. The van der Waals surface area contributed by atoms with Crippen LogP contribution in [0.1, 0.15) is 19.3 Å². The number of hydrogen-bond acceptors (Lipinski definition) is 5. The molecule has 0 radical (unpaired) electrons. The standard InChI is InChI=1S/C13H17N3OS/c1-17-13(5-2-6-13)7-15-9-3-4-10-12(11(9)14)16-8-18-10/h3-4,8,15H,2,5-7,14H2,1H3. The number of thiazole rings is 1. The van der Waals surface area contributed by atoms with E-state index in [0.29, 0.717) is 0 Å². The molecule has 1 saturated carbocycles. The quantitative estimate of drug-likeness (QED) is 0.833. The van der Waals surface area contributed by atoms with Crippen molar-refractivity contribution in [2.75, 3.05) is 24.7 Å². The molecule has 1 heterocycles. The van der Waals surface area contributed by atoms with Crippen LogP contribution in [0.15, 0.2) is 17.6 Å². The number of ether oxygens (including phenoxy) is 1. The third-order valence-corrected chi connectivity index (χ3v) is 4.63. The Kier molecular flexibility index (Phi) is 2.87. The van der Waals surface area contributed by atoms with E-state index in [9.17, 15) is 0 Å². The van der Waals surface area contributed by atoms with Crippen LogP contribution >= 0.6 is 11.3 Å². The Morgan fingerprint density at radius 3 is 3.00 bits per heavy atom. The number of nitrogen functional groups attached to an aromatic ring is 1. The highest BCUT2D eigenvalue weighted by Crippen LogP contribution is 2.36. The van der Waals surface area contributed by atoms with Gasteiger partial charge in [0.1, 0.15) is 5.52 Å². The summed E-state index contributed by atoms with van der Waals surface area (Å²) in [6, 6.07) is 4.09. The van der Waals surface area contributed by atoms with Gasteiger partial charge in [0.2, 0.25) is 0 Å². The lowest BCUT2D eigenvalue weighted by atomic mass is 9.80. The van der Waals surface area contributed by atoms with Gasteiger partial charge < -0.3 is 15.8 Å². The fraction of sp³-hybridized carbons (Fsp3) is 0.462. The van der Waals surface area contributed by atoms with Crippen molar-refractivity contribution in [3.8, 4) is 0 Å². The summed E-state index contributed by atoms with van der Waals surface area (Å²) in [5.74, 6) is 0. The Morgan fingerprint density at radius 2 is 2.33 bits per heavy atom. The SMILES string of the molecule is COC1(CNc2ccc3scnc3c2N)CCC1. The number of aromatic nitrogens is 1. The van der Waals surface area contributed by atoms with E-state index in [1.54, 1.807) is 18.4 Å². The van der Waals surface area contributed by atoms with Crippen LogP contribution in [0, 0.1) is 0 Å². The molecule has 0 amide bonds. The molecule has 2 aromatic rings. The fourth-order valence-electron chi connectivity index (χ4n) is 2.39. The number of hydrogen-bond donors (Lipinski definition) is 2. The number of nitrogens with two attached hydrogens (primary N) is 1. The largest absolute Gasteiger partial charge is 0.395 e. The van der Waals surface area contributed by atoms with Crippen molar-refractivity contribution < 1.29 is 4.74 Å². The summed E-state index contributed by atoms with van der Waals surface area (Å²) in [5, 5.41) is 3.40. The number of fused-ring (bicyclic) bond motifs is 1. The number of benzene rings is 1. The minimum atomic E-state index is 0.00344. The number of nitrogens with zero attached hydrogens (tertiary/aromatic N) is 1. The second kappa shape index (κ2) is 4.40. The molecule has 0 aliphatic heterocycles. The van der Waals surface area contributed by atoms with Crippen molar-refractivity contribution in [3.63, 3.8) is 0 Å². The lowest BCUT2D eigenvalue weighted by Gasteiger charge is -2.40. The second-order valence-corrected chi connectivity index (χ2v) is 5.71. The highest BCUT2D eigenvalue weighted by Gasteiger charge is 2.36. The van der Waals surface area contributed by atoms with Crippen molar-refractivity contribution >= 4 is 32.9 Å². The maximum Gasteiger partial charge on any atom is 0.106 e. The first kappa shape index (κ1) is 11.7. The van der Waals surface area contributed by atoms with Gasteiger partial charge in [-0.05, 0) is 31.4 Å². The molecule has 1 aliphatic rings. The third kappa shape index (κ3) is 1.83. The summed E-state index contributed by atoms with van der Waals surface area (Å²) in [5.41, 5.74) is 10.5. The normalized spacial score (nSPS) is 17.6. The maximum absolute atomic E-state index is 6.13. The monoisotopic (exact) mass is 263 g/mol. The first-order chi connectivity index (χ1) is 8.74. The zero-order valence-electron chi connectivity index (χ0n) is 10.4. The van der Waals surface area contributed by atoms with E-state index < -0.39 is 0 Å². The smallest absolute Gasteiger partial charge is 0.106 e. The molecule has 1 aliphatic carbocycles. The second-order valence-electron chi connectivity index (χ2n) is 4.82. The van der Waals surface area contributed by atoms with Crippen molar-refractivity contribution in [3.05, 3.63) is 17.6 Å². The number of anilines is 2. The highest BCUT2D eigenvalue weighted by molar-refractivity contribution is 7.16.